The van der Waals surface area contributed by atoms with Crippen molar-refractivity contribution in [2.75, 3.05) is 0 Å². The van der Waals surface area contributed by atoms with Gasteiger partial charge in [-0.2, -0.15) is 0 Å². The van der Waals surface area contributed by atoms with Crippen molar-refractivity contribution < 1.29 is 33.0 Å². The fourth-order valence-corrected chi connectivity index (χ4v) is 4.52. The molecule has 4 aromatic rings. The Morgan fingerprint density at radius 3 is 0.881 bits per heavy atom. The van der Waals surface area contributed by atoms with Gasteiger partial charge in [0.25, 0.3) is 0 Å². The second-order valence-corrected chi connectivity index (χ2v) is 10.3. The minimum Gasteiger partial charge on any atom is -0.870 e. The summed E-state index contributed by atoms with van der Waals surface area (Å²) in [7, 11) is 0. The summed E-state index contributed by atoms with van der Waals surface area (Å²) in [6, 6.07) is 8.57. The van der Waals surface area contributed by atoms with E-state index in [0.29, 0.717) is 6.47 Å². The number of aliphatic hydroxyl groups excluding tert-OH is 1. The Labute approximate surface area is 311 Å². The third-order valence-electron chi connectivity index (χ3n) is 7.27. The molecule has 2 N–H and O–H groups in total. The molecular formula is C33H46Ca2O7+2. The Bertz CT molecular complexity index is 1060. The van der Waals surface area contributed by atoms with Crippen LogP contribution in [0.4, 0.5) is 0 Å². The van der Waals surface area contributed by atoms with E-state index in [-0.39, 0.29) is 92.8 Å². The Hall–Kier alpha value is -0.931. The van der Waals surface area contributed by atoms with Gasteiger partial charge < -0.3 is 33.0 Å². The molecule has 9 heteroatoms. The summed E-state index contributed by atoms with van der Waals surface area (Å²) in [5.41, 5.74) is 4.86. The van der Waals surface area contributed by atoms with Crippen molar-refractivity contribution in [1.82, 2.24) is 0 Å². The minimum atomic E-state index is 0. The van der Waals surface area contributed by atoms with Gasteiger partial charge in [-0.1, -0.05) is 33.2 Å². The third-order valence-corrected chi connectivity index (χ3v) is 7.27. The SMILES string of the molecule is CCCC(c1cc(C)c(C)o1)c1cc(C)c(C)o1.CCCC(c1cc(C)c(C)o1)c1cc(C)c(C)o1.O=[C-]O.[Ca+2].[Ca+2].[OH-]. The topological polar surface area (TPSA) is 120 Å². The first-order valence-corrected chi connectivity index (χ1v) is 13.8. The fourth-order valence-electron chi connectivity index (χ4n) is 4.52. The molecule has 0 spiro atoms. The van der Waals surface area contributed by atoms with E-state index < -0.39 is 0 Å². The van der Waals surface area contributed by atoms with E-state index in [9.17, 15) is 0 Å². The zero-order chi connectivity index (χ0) is 29.3. The average molecular weight is 635 g/mol. The van der Waals surface area contributed by atoms with Crippen LogP contribution in [-0.4, -0.2) is 92.5 Å². The zero-order valence-corrected chi connectivity index (χ0v) is 31.6. The summed E-state index contributed by atoms with van der Waals surface area (Å²) >= 11 is 0. The van der Waals surface area contributed by atoms with E-state index in [0.717, 1.165) is 71.8 Å². The van der Waals surface area contributed by atoms with Gasteiger partial charge in [0.15, 0.2) is 0 Å². The van der Waals surface area contributed by atoms with Crippen molar-refractivity contribution in [3.05, 3.63) is 92.6 Å². The molecule has 0 amide bonds. The largest absolute Gasteiger partial charge is 2.00 e. The maximum Gasteiger partial charge on any atom is 2.00 e. The van der Waals surface area contributed by atoms with Crippen molar-refractivity contribution in [2.45, 2.75) is 107 Å². The number of rotatable bonds is 8. The molecular weight excluding hydrogens is 589 g/mol. The van der Waals surface area contributed by atoms with Crippen molar-refractivity contribution in [3.63, 3.8) is 0 Å². The van der Waals surface area contributed by atoms with Crippen LogP contribution in [0.3, 0.4) is 0 Å². The van der Waals surface area contributed by atoms with Crippen molar-refractivity contribution in [2.24, 2.45) is 0 Å². The molecule has 0 aliphatic heterocycles. The van der Waals surface area contributed by atoms with Crippen LogP contribution in [0.15, 0.2) is 41.9 Å². The van der Waals surface area contributed by atoms with Crippen molar-refractivity contribution in [3.8, 4) is 0 Å². The first-order valence-electron chi connectivity index (χ1n) is 13.8. The molecule has 4 heterocycles. The van der Waals surface area contributed by atoms with Gasteiger partial charge in [0.1, 0.15) is 46.1 Å². The molecule has 42 heavy (non-hydrogen) atoms. The normalized spacial score (nSPS) is 10.1. The molecule has 0 unspecified atom stereocenters. The molecule has 222 valence electrons. The van der Waals surface area contributed by atoms with Gasteiger partial charge in [0.2, 0.25) is 0 Å². The fraction of sp³-hybridized carbons (Fsp3) is 0.485. The van der Waals surface area contributed by atoms with Crippen molar-refractivity contribution >= 4 is 81.9 Å². The molecule has 0 radical (unpaired) electrons. The van der Waals surface area contributed by atoms with E-state index in [4.69, 9.17) is 27.6 Å². The number of hydrogen-bond acceptors (Lipinski definition) is 6. The van der Waals surface area contributed by atoms with Crippen molar-refractivity contribution in [1.29, 1.82) is 0 Å². The summed E-state index contributed by atoms with van der Waals surface area (Å²) in [5, 5.41) is 6.76. The Morgan fingerprint density at radius 1 is 0.571 bits per heavy atom. The van der Waals surface area contributed by atoms with Crippen LogP contribution in [0.2, 0.25) is 0 Å². The van der Waals surface area contributed by atoms with Crippen LogP contribution >= 0.6 is 0 Å². The van der Waals surface area contributed by atoms with E-state index >= 15 is 0 Å². The van der Waals surface area contributed by atoms with Crippen LogP contribution < -0.4 is 0 Å². The molecule has 7 nitrogen and oxygen atoms in total. The predicted molar refractivity (Wildman–Crippen MR) is 168 cm³/mol. The van der Waals surface area contributed by atoms with E-state index in [1.165, 1.54) is 22.3 Å². The van der Waals surface area contributed by atoms with Gasteiger partial charge in [-0.05, 0) is 115 Å². The minimum absolute atomic E-state index is 0. The summed E-state index contributed by atoms with van der Waals surface area (Å²) in [6.07, 6.45) is 4.34. The predicted octanol–water partition coefficient (Wildman–Crippen LogP) is 8.75. The summed E-state index contributed by atoms with van der Waals surface area (Å²) < 4.78 is 23.5. The molecule has 4 rings (SSSR count). The van der Waals surface area contributed by atoms with E-state index in [1.54, 1.807) is 0 Å². The van der Waals surface area contributed by atoms with Gasteiger partial charge in [0, 0.05) is 0 Å². The zero-order valence-electron chi connectivity index (χ0n) is 27.1. The standard InChI is InChI=1S/2C16H22O2.CHO2.2Ca.H2O/c2*1-6-7-14(15-8-10(2)12(4)17-15)16-9-11(3)13(5)18-16;2-1-3;;;/h2*8-9,14H,6-7H2,1-5H3;(H,2,3);;;1H2/q;;-1;2*+2;/p-1. The van der Waals surface area contributed by atoms with Crippen LogP contribution in [0.5, 0.6) is 0 Å². The maximum absolute atomic E-state index is 8.24. The monoisotopic (exact) mass is 634 g/mol. The van der Waals surface area contributed by atoms with E-state index in [2.05, 4.69) is 65.8 Å². The molecule has 0 aromatic carbocycles. The smallest absolute Gasteiger partial charge is 0.870 e. The summed E-state index contributed by atoms with van der Waals surface area (Å²) in [6.45, 7) is 21.3. The van der Waals surface area contributed by atoms with Crippen LogP contribution in [0.25, 0.3) is 0 Å². The number of hydrogen-bond donors (Lipinski definition) is 1. The summed E-state index contributed by atoms with van der Waals surface area (Å²) in [4.78, 5) is 8.24. The molecule has 0 fully saturated rings. The van der Waals surface area contributed by atoms with E-state index in [1.807, 2.05) is 27.7 Å². The van der Waals surface area contributed by atoms with Crippen LogP contribution in [-0.2, 0) is 4.79 Å². The van der Waals surface area contributed by atoms with Gasteiger partial charge >= 0.3 is 75.5 Å². The molecule has 0 saturated carbocycles. The molecule has 4 aromatic heterocycles. The Balaban J connectivity index is 0. The molecule has 0 aliphatic rings. The van der Waals surface area contributed by atoms with Gasteiger partial charge in [-0.25, -0.2) is 0 Å². The van der Waals surface area contributed by atoms with Gasteiger partial charge in [-0.3, -0.25) is 0 Å². The first kappa shape index (κ1) is 43.2. The summed E-state index contributed by atoms with van der Waals surface area (Å²) in [5.74, 6) is 8.63. The maximum atomic E-state index is 8.24. The molecule has 0 bridgehead atoms. The van der Waals surface area contributed by atoms with Gasteiger partial charge in [-0.15, -0.1) is 0 Å². The second-order valence-electron chi connectivity index (χ2n) is 10.3. The second kappa shape index (κ2) is 20.9. The third kappa shape index (κ3) is 11.9. The average Bonchev–Trinajstić information content (AvgIpc) is 3.60. The number of furan rings is 4. The Morgan fingerprint density at radius 2 is 0.762 bits per heavy atom. The number of aryl methyl sites for hydroxylation is 8. The molecule has 0 saturated heterocycles. The van der Waals surface area contributed by atoms with Crippen LogP contribution in [0, 0.1) is 55.4 Å². The molecule has 0 aliphatic carbocycles. The molecule has 0 atom stereocenters. The quantitative estimate of drug-likeness (QED) is 0.152. The van der Waals surface area contributed by atoms with Crippen LogP contribution in [0.1, 0.15) is 120 Å². The first-order chi connectivity index (χ1) is 18.5. The van der Waals surface area contributed by atoms with Gasteiger partial charge in [0.05, 0.1) is 11.8 Å². The Kier molecular flexibility index (Phi) is 21.5.